The first-order valence-electron chi connectivity index (χ1n) is 9.59. The summed E-state index contributed by atoms with van der Waals surface area (Å²) < 4.78 is 46.5. The van der Waals surface area contributed by atoms with Crippen LogP contribution >= 0.6 is 0 Å². The lowest BCUT2D eigenvalue weighted by molar-refractivity contribution is -0.585. The molecule has 1 unspecified atom stereocenters. The molecule has 0 spiro atoms. The van der Waals surface area contributed by atoms with Crippen molar-refractivity contribution in [1.82, 2.24) is 4.31 Å². The summed E-state index contributed by atoms with van der Waals surface area (Å²) in [5.41, 5.74) is 0.422. The van der Waals surface area contributed by atoms with Crippen LogP contribution in [0.25, 0.3) is 0 Å². The van der Waals surface area contributed by atoms with Gasteiger partial charge in [-0.2, -0.15) is 9.10 Å². The predicted molar refractivity (Wildman–Crippen MR) is 106 cm³/mol. The summed E-state index contributed by atoms with van der Waals surface area (Å²) in [6, 6.07) is 6.71. The normalized spacial score (nSPS) is 17.3. The van der Waals surface area contributed by atoms with E-state index in [4.69, 9.17) is 4.74 Å². The number of anilines is 1. The van der Waals surface area contributed by atoms with Gasteiger partial charge in [-0.05, 0) is 44.0 Å². The molecule has 10 heteroatoms. The number of pyridine rings is 1. The fourth-order valence-corrected chi connectivity index (χ4v) is 4.91. The van der Waals surface area contributed by atoms with Crippen LogP contribution in [0.3, 0.4) is 0 Å². The Hall–Kier alpha value is -2.85. The van der Waals surface area contributed by atoms with Crippen molar-refractivity contribution >= 4 is 27.7 Å². The number of hydrogen-bond donors (Lipinski definition) is 1. The van der Waals surface area contributed by atoms with E-state index in [0.717, 1.165) is 12.1 Å². The summed E-state index contributed by atoms with van der Waals surface area (Å²) in [6.07, 6.45) is 4.07. The van der Waals surface area contributed by atoms with Crippen molar-refractivity contribution in [3.8, 4) is 0 Å². The molecule has 2 heterocycles. The van der Waals surface area contributed by atoms with Crippen LogP contribution in [0, 0.1) is 5.82 Å². The molecule has 1 N–H and O–H groups in total. The van der Waals surface area contributed by atoms with Crippen molar-refractivity contribution in [2.24, 2.45) is 0 Å². The zero-order chi connectivity index (χ0) is 21.7. The number of hydrogen-bond acceptors (Lipinski definition) is 5. The Kier molecular flexibility index (Phi) is 6.78. The zero-order valence-corrected chi connectivity index (χ0v) is 17.3. The lowest BCUT2D eigenvalue weighted by Gasteiger charge is -2.33. The van der Waals surface area contributed by atoms with Crippen LogP contribution in [-0.2, 0) is 19.6 Å². The van der Waals surface area contributed by atoms with Gasteiger partial charge in [0, 0.05) is 18.7 Å². The SMILES string of the molecule is CCOC(=O)[n+]1ccc(NC(=O)C2CCCCN2S(=O)(=O)c2ccc(F)cc2)cc1. The maximum absolute atomic E-state index is 13.2. The molecule has 30 heavy (non-hydrogen) atoms. The number of carbonyl (C=O) groups excluding carboxylic acids is 2. The molecule has 1 atom stereocenters. The minimum atomic E-state index is -3.95. The van der Waals surface area contributed by atoms with Gasteiger partial charge in [0.1, 0.15) is 11.9 Å². The maximum Gasteiger partial charge on any atom is 0.601 e. The lowest BCUT2D eigenvalue weighted by atomic mass is 10.0. The second-order valence-electron chi connectivity index (χ2n) is 6.76. The third-order valence-corrected chi connectivity index (χ3v) is 6.67. The number of rotatable bonds is 5. The number of ether oxygens (including phenoxy) is 1. The molecule has 1 aromatic carbocycles. The lowest BCUT2D eigenvalue weighted by Crippen LogP contribution is -2.50. The number of nitrogens with zero attached hydrogens (tertiary/aromatic N) is 2. The molecule has 1 aliphatic heterocycles. The van der Waals surface area contributed by atoms with E-state index in [1.807, 2.05) is 0 Å². The Balaban J connectivity index is 1.76. The van der Waals surface area contributed by atoms with Gasteiger partial charge < -0.3 is 10.1 Å². The number of carbonyl (C=O) groups is 2. The Labute approximate surface area is 174 Å². The van der Waals surface area contributed by atoms with Crippen molar-refractivity contribution < 1.29 is 31.7 Å². The second kappa shape index (κ2) is 9.31. The summed E-state index contributed by atoms with van der Waals surface area (Å²) >= 11 is 0. The molecule has 1 saturated heterocycles. The van der Waals surface area contributed by atoms with E-state index in [1.165, 1.54) is 45.5 Å². The number of halogens is 1. The number of piperidine rings is 1. The van der Waals surface area contributed by atoms with Gasteiger partial charge in [-0.25, -0.2) is 12.8 Å². The first kappa shape index (κ1) is 21.8. The van der Waals surface area contributed by atoms with Crippen LogP contribution in [0.5, 0.6) is 0 Å². The van der Waals surface area contributed by atoms with Gasteiger partial charge >= 0.3 is 6.09 Å². The van der Waals surface area contributed by atoms with Gasteiger partial charge in [-0.15, -0.1) is 0 Å². The monoisotopic (exact) mass is 436 g/mol. The first-order valence-corrected chi connectivity index (χ1v) is 11.0. The van der Waals surface area contributed by atoms with E-state index >= 15 is 0 Å². The van der Waals surface area contributed by atoms with Gasteiger partial charge in [-0.1, -0.05) is 11.0 Å². The molecule has 0 radical (unpaired) electrons. The topological polar surface area (TPSA) is 96.7 Å². The molecular formula is C20H23FN3O5S+. The summed E-state index contributed by atoms with van der Waals surface area (Å²) in [5.74, 6) is -1.000. The summed E-state index contributed by atoms with van der Waals surface area (Å²) in [6.45, 7) is 2.14. The molecule has 1 amide bonds. The van der Waals surface area contributed by atoms with E-state index in [-0.39, 0.29) is 18.0 Å². The smallest absolute Gasteiger partial charge is 0.412 e. The summed E-state index contributed by atoms with van der Waals surface area (Å²) in [5, 5.41) is 2.70. The fourth-order valence-electron chi connectivity index (χ4n) is 3.25. The highest BCUT2D eigenvalue weighted by Gasteiger charge is 2.37. The first-order chi connectivity index (χ1) is 14.3. The quantitative estimate of drug-likeness (QED) is 0.726. The Morgan fingerprint density at radius 3 is 2.47 bits per heavy atom. The number of amides is 1. The van der Waals surface area contributed by atoms with E-state index in [0.29, 0.717) is 24.9 Å². The van der Waals surface area contributed by atoms with Crippen molar-refractivity contribution in [2.75, 3.05) is 18.5 Å². The van der Waals surface area contributed by atoms with Crippen LogP contribution in [0.1, 0.15) is 26.2 Å². The molecule has 1 aliphatic rings. The fraction of sp³-hybridized carbons (Fsp3) is 0.350. The highest BCUT2D eigenvalue weighted by Crippen LogP contribution is 2.26. The summed E-state index contributed by atoms with van der Waals surface area (Å²) in [7, 11) is -3.95. The molecule has 0 aliphatic carbocycles. The van der Waals surface area contributed by atoms with Gasteiger partial charge in [0.15, 0.2) is 12.4 Å². The van der Waals surface area contributed by atoms with Crippen molar-refractivity contribution in [3.63, 3.8) is 0 Å². The standard InChI is InChI=1S/C20H22FN3O5S/c1-2-29-20(26)23-13-10-16(11-14-23)22-19(25)18-5-3-4-12-24(18)30(27,28)17-8-6-15(21)7-9-17/h6-11,13-14,18H,2-5,12H2,1H3/p+1. The van der Waals surface area contributed by atoms with Crippen molar-refractivity contribution in [1.29, 1.82) is 0 Å². The Morgan fingerprint density at radius 1 is 1.17 bits per heavy atom. The molecule has 160 valence electrons. The number of nitrogens with one attached hydrogen (secondary N) is 1. The second-order valence-corrected chi connectivity index (χ2v) is 8.65. The van der Waals surface area contributed by atoms with Crippen molar-refractivity contribution in [2.45, 2.75) is 37.1 Å². The van der Waals surface area contributed by atoms with E-state index in [1.54, 1.807) is 6.92 Å². The number of benzene rings is 1. The Morgan fingerprint density at radius 2 is 1.83 bits per heavy atom. The van der Waals surface area contributed by atoms with Crippen LogP contribution in [0.2, 0.25) is 0 Å². The molecular weight excluding hydrogens is 413 g/mol. The highest BCUT2D eigenvalue weighted by atomic mass is 32.2. The number of aromatic nitrogens is 1. The minimum Gasteiger partial charge on any atom is -0.412 e. The van der Waals surface area contributed by atoms with Crippen LogP contribution in [0.4, 0.5) is 14.9 Å². The maximum atomic E-state index is 13.2. The van der Waals surface area contributed by atoms with Gasteiger partial charge in [0.2, 0.25) is 15.9 Å². The molecule has 3 rings (SSSR count). The molecule has 1 aromatic heterocycles. The minimum absolute atomic E-state index is 0.0567. The average molecular weight is 436 g/mol. The average Bonchev–Trinajstić information content (AvgIpc) is 2.74. The van der Waals surface area contributed by atoms with Crippen molar-refractivity contribution in [3.05, 3.63) is 54.6 Å². The van der Waals surface area contributed by atoms with E-state index < -0.39 is 33.9 Å². The van der Waals surface area contributed by atoms with Gasteiger partial charge in [0.25, 0.3) is 0 Å². The van der Waals surface area contributed by atoms with E-state index in [9.17, 15) is 22.4 Å². The molecule has 8 nitrogen and oxygen atoms in total. The third kappa shape index (κ3) is 4.82. The molecule has 2 aromatic rings. The van der Waals surface area contributed by atoms with Crippen LogP contribution < -0.4 is 9.88 Å². The largest absolute Gasteiger partial charge is 0.601 e. The summed E-state index contributed by atoms with van der Waals surface area (Å²) in [4.78, 5) is 24.5. The van der Waals surface area contributed by atoms with Gasteiger partial charge in [0.05, 0.1) is 17.2 Å². The van der Waals surface area contributed by atoms with Gasteiger partial charge in [-0.3, -0.25) is 4.79 Å². The molecule has 0 bridgehead atoms. The Bertz CT molecular complexity index is 1010. The van der Waals surface area contributed by atoms with Crippen LogP contribution in [0.15, 0.2) is 53.7 Å². The molecule has 1 fully saturated rings. The predicted octanol–water partition coefficient (Wildman–Crippen LogP) is 2.30. The number of sulfonamides is 1. The zero-order valence-electron chi connectivity index (χ0n) is 16.5. The highest BCUT2D eigenvalue weighted by molar-refractivity contribution is 7.89. The van der Waals surface area contributed by atoms with Crippen LogP contribution in [-0.4, -0.2) is 43.9 Å². The third-order valence-electron chi connectivity index (χ3n) is 4.75. The van der Waals surface area contributed by atoms with E-state index in [2.05, 4.69) is 5.32 Å². The molecule has 0 saturated carbocycles.